The molecular weight excluding hydrogens is 205 g/mol. The van der Waals surface area contributed by atoms with E-state index >= 15 is 0 Å². The van der Waals surface area contributed by atoms with Gasteiger partial charge in [0.05, 0.1) is 5.52 Å². The first-order valence-corrected chi connectivity index (χ1v) is 5.46. The molecule has 0 aliphatic carbocycles. The van der Waals surface area contributed by atoms with Crippen molar-refractivity contribution in [2.45, 2.75) is 12.3 Å². The van der Waals surface area contributed by atoms with Gasteiger partial charge >= 0.3 is 0 Å². The van der Waals surface area contributed by atoms with Gasteiger partial charge in [0.1, 0.15) is 11.6 Å². The molecule has 4 heteroatoms. The van der Waals surface area contributed by atoms with Crippen LogP contribution in [0.3, 0.4) is 0 Å². The molecule has 1 aliphatic heterocycles. The summed E-state index contributed by atoms with van der Waals surface area (Å²) in [5.41, 5.74) is 0.818. The predicted molar refractivity (Wildman–Crippen MR) is 59.7 cm³/mol. The Balaban J connectivity index is 2.05. The van der Waals surface area contributed by atoms with Crippen LogP contribution in [0.25, 0.3) is 10.9 Å². The van der Waals surface area contributed by atoms with Crippen LogP contribution in [0.15, 0.2) is 24.4 Å². The van der Waals surface area contributed by atoms with E-state index in [1.54, 1.807) is 12.3 Å². The number of nitrogens with one attached hydrogen (secondary N) is 1. The number of fused-ring (bicyclic) bond motifs is 1. The van der Waals surface area contributed by atoms with E-state index in [1.807, 2.05) is 0 Å². The Morgan fingerprint density at radius 2 is 2.31 bits per heavy atom. The normalized spacial score (nSPS) is 20.4. The summed E-state index contributed by atoms with van der Waals surface area (Å²) < 4.78 is 13.0. The van der Waals surface area contributed by atoms with Gasteiger partial charge in [-0.25, -0.2) is 14.4 Å². The van der Waals surface area contributed by atoms with Crippen LogP contribution in [-0.4, -0.2) is 23.1 Å². The molecule has 0 bridgehead atoms. The first kappa shape index (κ1) is 9.66. The number of benzene rings is 1. The minimum Gasteiger partial charge on any atom is -0.316 e. The molecule has 2 heterocycles. The minimum atomic E-state index is -0.244. The van der Waals surface area contributed by atoms with Gasteiger partial charge in [0.25, 0.3) is 0 Å². The van der Waals surface area contributed by atoms with Crippen LogP contribution < -0.4 is 5.32 Å². The summed E-state index contributed by atoms with van der Waals surface area (Å²) in [6, 6.07) is 4.61. The van der Waals surface area contributed by atoms with Crippen LogP contribution in [0.4, 0.5) is 4.39 Å². The molecule has 1 saturated heterocycles. The smallest absolute Gasteiger partial charge is 0.133 e. The van der Waals surface area contributed by atoms with Gasteiger partial charge < -0.3 is 5.32 Å². The average Bonchev–Trinajstić information content (AvgIpc) is 2.82. The van der Waals surface area contributed by atoms with Crippen LogP contribution in [0.1, 0.15) is 18.2 Å². The molecule has 1 atom stereocenters. The molecule has 1 aromatic heterocycles. The van der Waals surface area contributed by atoms with Gasteiger partial charge in [0.15, 0.2) is 0 Å². The van der Waals surface area contributed by atoms with Gasteiger partial charge in [0.2, 0.25) is 0 Å². The van der Waals surface area contributed by atoms with E-state index < -0.39 is 0 Å². The molecule has 1 N–H and O–H groups in total. The standard InChI is InChI=1S/C12H12FN3/c13-10-1-2-11-9(5-10)7-15-12(16-11)8-3-4-14-6-8/h1-2,5,7-8,14H,3-4,6H2. The molecule has 16 heavy (non-hydrogen) atoms. The highest BCUT2D eigenvalue weighted by atomic mass is 19.1. The van der Waals surface area contributed by atoms with E-state index in [0.29, 0.717) is 5.92 Å². The Morgan fingerprint density at radius 3 is 3.12 bits per heavy atom. The Kier molecular flexibility index (Phi) is 2.29. The molecular formula is C12H12FN3. The van der Waals surface area contributed by atoms with Crippen LogP contribution >= 0.6 is 0 Å². The third-order valence-corrected chi connectivity index (χ3v) is 2.99. The third kappa shape index (κ3) is 1.65. The third-order valence-electron chi connectivity index (χ3n) is 2.99. The molecule has 3 rings (SSSR count). The molecule has 2 aromatic rings. The van der Waals surface area contributed by atoms with Crippen LogP contribution in [0.5, 0.6) is 0 Å². The van der Waals surface area contributed by atoms with E-state index in [0.717, 1.165) is 36.2 Å². The average molecular weight is 217 g/mol. The maximum absolute atomic E-state index is 13.0. The number of hydrogen-bond acceptors (Lipinski definition) is 3. The van der Waals surface area contributed by atoms with Crippen molar-refractivity contribution < 1.29 is 4.39 Å². The summed E-state index contributed by atoms with van der Waals surface area (Å²) in [6.07, 6.45) is 2.78. The first-order valence-electron chi connectivity index (χ1n) is 5.46. The fourth-order valence-electron chi connectivity index (χ4n) is 2.09. The minimum absolute atomic E-state index is 0.244. The van der Waals surface area contributed by atoms with E-state index in [2.05, 4.69) is 15.3 Å². The van der Waals surface area contributed by atoms with Gasteiger partial charge in [-0.05, 0) is 31.2 Å². The fraction of sp³-hybridized carbons (Fsp3) is 0.333. The molecule has 1 fully saturated rings. The summed E-state index contributed by atoms with van der Waals surface area (Å²) in [4.78, 5) is 8.79. The molecule has 1 aliphatic rings. The molecule has 3 nitrogen and oxygen atoms in total. The summed E-state index contributed by atoms with van der Waals surface area (Å²) in [7, 11) is 0. The summed E-state index contributed by atoms with van der Waals surface area (Å²) >= 11 is 0. The van der Waals surface area contributed by atoms with Crippen molar-refractivity contribution >= 4 is 10.9 Å². The predicted octanol–water partition coefficient (Wildman–Crippen LogP) is 1.85. The molecule has 1 unspecified atom stereocenters. The lowest BCUT2D eigenvalue weighted by atomic mass is 10.1. The highest BCUT2D eigenvalue weighted by molar-refractivity contribution is 5.77. The fourth-order valence-corrected chi connectivity index (χ4v) is 2.09. The maximum Gasteiger partial charge on any atom is 0.133 e. The SMILES string of the molecule is Fc1ccc2nc(C3CCNC3)ncc2c1. The number of nitrogens with zero attached hydrogens (tertiary/aromatic N) is 2. The zero-order valence-electron chi connectivity index (χ0n) is 8.78. The lowest BCUT2D eigenvalue weighted by Crippen LogP contribution is -2.10. The largest absolute Gasteiger partial charge is 0.316 e. The zero-order valence-corrected chi connectivity index (χ0v) is 8.78. The number of rotatable bonds is 1. The van der Waals surface area contributed by atoms with Crippen molar-refractivity contribution in [2.24, 2.45) is 0 Å². The second-order valence-corrected chi connectivity index (χ2v) is 4.12. The van der Waals surface area contributed by atoms with Crippen molar-refractivity contribution in [1.29, 1.82) is 0 Å². The highest BCUT2D eigenvalue weighted by Gasteiger charge is 2.19. The van der Waals surface area contributed by atoms with Crippen LogP contribution in [0, 0.1) is 5.82 Å². The monoisotopic (exact) mass is 217 g/mol. The van der Waals surface area contributed by atoms with Crippen molar-refractivity contribution in [3.05, 3.63) is 36.0 Å². The van der Waals surface area contributed by atoms with Crippen molar-refractivity contribution in [3.8, 4) is 0 Å². The van der Waals surface area contributed by atoms with Gasteiger partial charge in [-0.2, -0.15) is 0 Å². The Hall–Kier alpha value is -1.55. The van der Waals surface area contributed by atoms with Crippen molar-refractivity contribution in [2.75, 3.05) is 13.1 Å². The summed E-state index contributed by atoms with van der Waals surface area (Å²) in [5, 5.41) is 4.05. The van der Waals surface area contributed by atoms with Gasteiger partial charge in [-0.1, -0.05) is 0 Å². The number of halogens is 1. The first-order chi connectivity index (χ1) is 7.83. The second kappa shape index (κ2) is 3.79. The Labute approximate surface area is 92.7 Å². The highest BCUT2D eigenvalue weighted by Crippen LogP contribution is 2.21. The van der Waals surface area contributed by atoms with E-state index in [9.17, 15) is 4.39 Å². The van der Waals surface area contributed by atoms with Gasteiger partial charge in [-0.3, -0.25) is 0 Å². The lowest BCUT2D eigenvalue weighted by molar-refractivity contribution is 0.629. The van der Waals surface area contributed by atoms with E-state index in [1.165, 1.54) is 12.1 Å². The number of aromatic nitrogens is 2. The van der Waals surface area contributed by atoms with Crippen LogP contribution in [0.2, 0.25) is 0 Å². The van der Waals surface area contributed by atoms with Gasteiger partial charge in [0, 0.05) is 24.0 Å². The van der Waals surface area contributed by atoms with Crippen molar-refractivity contribution in [3.63, 3.8) is 0 Å². The van der Waals surface area contributed by atoms with Gasteiger partial charge in [-0.15, -0.1) is 0 Å². The molecule has 0 amide bonds. The maximum atomic E-state index is 13.0. The lowest BCUT2D eigenvalue weighted by Gasteiger charge is -2.07. The molecule has 0 radical (unpaired) electrons. The number of hydrogen-bond donors (Lipinski definition) is 1. The summed E-state index contributed by atoms with van der Waals surface area (Å²) in [6.45, 7) is 1.96. The van der Waals surface area contributed by atoms with Crippen LogP contribution in [-0.2, 0) is 0 Å². The molecule has 0 saturated carbocycles. The zero-order chi connectivity index (χ0) is 11.0. The second-order valence-electron chi connectivity index (χ2n) is 4.12. The molecule has 82 valence electrons. The van der Waals surface area contributed by atoms with E-state index in [4.69, 9.17) is 0 Å². The molecule has 0 spiro atoms. The summed E-state index contributed by atoms with van der Waals surface area (Å²) in [5.74, 6) is 1.02. The Bertz CT molecular complexity index is 521. The Morgan fingerprint density at radius 1 is 1.38 bits per heavy atom. The van der Waals surface area contributed by atoms with Crippen molar-refractivity contribution in [1.82, 2.24) is 15.3 Å². The quantitative estimate of drug-likeness (QED) is 0.792. The topological polar surface area (TPSA) is 37.8 Å². The van der Waals surface area contributed by atoms with E-state index in [-0.39, 0.29) is 5.82 Å². The molecule has 1 aromatic carbocycles.